The second-order valence-corrected chi connectivity index (χ2v) is 2.46. The summed E-state index contributed by atoms with van der Waals surface area (Å²) in [7, 11) is 0. The van der Waals surface area contributed by atoms with Gasteiger partial charge >= 0.3 is 0 Å². The van der Waals surface area contributed by atoms with Gasteiger partial charge in [-0.15, -0.1) is 0 Å². The van der Waals surface area contributed by atoms with Crippen molar-refractivity contribution in [3.05, 3.63) is 29.3 Å². The molecule has 1 aromatic heterocycles. The molecule has 0 saturated carbocycles. The highest BCUT2D eigenvalue weighted by molar-refractivity contribution is 6.30. The maximum atomic E-state index is 8.23. The lowest BCUT2D eigenvalue weighted by Gasteiger charge is -1.89. The zero-order chi connectivity index (χ0) is 8.81. The van der Waals surface area contributed by atoms with Gasteiger partial charge in [-0.3, -0.25) is 0 Å². The standard InChI is InChI=1S/C8H6ClN3/c9-7-5-11-8(12-6-7)3-1-2-4-10/h1,3,5-6H,2H2. The van der Waals surface area contributed by atoms with Gasteiger partial charge in [-0.05, 0) is 6.08 Å². The molecule has 3 nitrogen and oxygen atoms in total. The Balaban J connectivity index is 2.66. The summed E-state index contributed by atoms with van der Waals surface area (Å²) in [5.74, 6) is 0.564. The summed E-state index contributed by atoms with van der Waals surface area (Å²) >= 11 is 5.57. The summed E-state index contributed by atoms with van der Waals surface area (Å²) in [4.78, 5) is 7.82. The SMILES string of the molecule is N#CCC=Cc1ncc(Cl)cn1. The second kappa shape index (κ2) is 4.47. The second-order valence-electron chi connectivity index (χ2n) is 2.02. The molecular formula is C8H6ClN3. The molecule has 0 N–H and O–H groups in total. The first-order chi connectivity index (χ1) is 5.83. The van der Waals surface area contributed by atoms with E-state index in [0.717, 1.165) is 0 Å². The van der Waals surface area contributed by atoms with Crippen LogP contribution in [0, 0.1) is 11.3 Å². The number of hydrogen-bond acceptors (Lipinski definition) is 3. The largest absolute Gasteiger partial charge is 0.236 e. The van der Waals surface area contributed by atoms with Gasteiger partial charge in [-0.2, -0.15) is 5.26 Å². The minimum Gasteiger partial charge on any atom is -0.236 e. The number of hydrogen-bond donors (Lipinski definition) is 0. The smallest absolute Gasteiger partial charge is 0.151 e. The van der Waals surface area contributed by atoms with Crippen molar-refractivity contribution in [1.82, 2.24) is 9.97 Å². The van der Waals surface area contributed by atoms with E-state index in [-0.39, 0.29) is 0 Å². The highest BCUT2D eigenvalue weighted by Crippen LogP contribution is 2.03. The van der Waals surface area contributed by atoms with Gasteiger partial charge in [-0.25, -0.2) is 9.97 Å². The van der Waals surface area contributed by atoms with E-state index in [2.05, 4.69) is 9.97 Å². The van der Waals surface area contributed by atoms with Crippen LogP contribution in [0.2, 0.25) is 5.02 Å². The Morgan fingerprint density at radius 2 is 2.17 bits per heavy atom. The highest BCUT2D eigenvalue weighted by atomic mass is 35.5. The lowest BCUT2D eigenvalue weighted by molar-refractivity contribution is 1.13. The van der Waals surface area contributed by atoms with Crippen molar-refractivity contribution in [1.29, 1.82) is 5.26 Å². The summed E-state index contributed by atoms with van der Waals surface area (Å²) < 4.78 is 0. The van der Waals surface area contributed by atoms with E-state index in [4.69, 9.17) is 16.9 Å². The van der Waals surface area contributed by atoms with Gasteiger partial charge in [0.1, 0.15) is 0 Å². The first-order valence-corrected chi connectivity index (χ1v) is 3.72. The first kappa shape index (κ1) is 8.69. The van der Waals surface area contributed by atoms with Crippen LogP contribution in [-0.2, 0) is 0 Å². The molecule has 0 aliphatic rings. The molecule has 12 heavy (non-hydrogen) atoms. The van der Waals surface area contributed by atoms with Crippen molar-refractivity contribution < 1.29 is 0 Å². The zero-order valence-electron chi connectivity index (χ0n) is 6.24. The fraction of sp³-hybridized carbons (Fsp3) is 0.125. The summed E-state index contributed by atoms with van der Waals surface area (Å²) in [6, 6.07) is 1.98. The Morgan fingerprint density at radius 1 is 1.50 bits per heavy atom. The average molecular weight is 180 g/mol. The fourth-order valence-electron chi connectivity index (χ4n) is 0.625. The van der Waals surface area contributed by atoms with Crippen LogP contribution in [0.3, 0.4) is 0 Å². The van der Waals surface area contributed by atoms with Crippen molar-refractivity contribution >= 4 is 17.7 Å². The van der Waals surface area contributed by atoms with E-state index in [0.29, 0.717) is 17.3 Å². The number of nitriles is 1. The summed E-state index contributed by atoms with van der Waals surface area (Å²) in [6.07, 6.45) is 6.77. The lowest BCUT2D eigenvalue weighted by Crippen LogP contribution is -1.84. The zero-order valence-corrected chi connectivity index (χ0v) is 6.99. The van der Waals surface area contributed by atoms with Crippen LogP contribution >= 0.6 is 11.6 Å². The van der Waals surface area contributed by atoms with Gasteiger partial charge < -0.3 is 0 Å². The van der Waals surface area contributed by atoms with Crippen molar-refractivity contribution in [2.24, 2.45) is 0 Å². The highest BCUT2D eigenvalue weighted by Gasteiger charge is 1.89. The molecule has 0 spiro atoms. The van der Waals surface area contributed by atoms with Crippen molar-refractivity contribution in [3.8, 4) is 6.07 Å². The quantitative estimate of drug-likeness (QED) is 0.698. The Kier molecular flexibility index (Phi) is 3.24. The molecule has 0 fully saturated rings. The van der Waals surface area contributed by atoms with Gasteiger partial charge in [-0.1, -0.05) is 17.7 Å². The predicted octanol–water partition coefficient (Wildman–Crippen LogP) is 2.06. The van der Waals surface area contributed by atoms with Gasteiger partial charge in [0.25, 0.3) is 0 Å². The van der Waals surface area contributed by atoms with Gasteiger partial charge in [0, 0.05) is 12.4 Å². The minimum absolute atomic E-state index is 0.367. The number of rotatable bonds is 2. The first-order valence-electron chi connectivity index (χ1n) is 3.34. The van der Waals surface area contributed by atoms with E-state index in [1.807, 2.05) is 6.07 Å². The fourth-order valence-corrected chi connectivity index (χ4v) is 0.723. The Bertz CT molecular complexity index is 310. The molecule has 60 valence electrons. The average Bonchev–Trinajstić information content (AvgIpc) is 2.09. The normalized spacial score (nSPS) is 10.0. The summed E-state index contributed by atoms with van der Waals surface area (Å²) in [6.45, 7) is 0. The molecule has 0 aromatic carbocycles. The third-order valence-corrected chi connectivity index (χ3v) is 1.31. The Hall–Kier alpha value is -1.40. The maximum Gasteiger partial charge on any atom is 0.151 e. The van der Waals surface area contributed by atoms with E-state index in [1.54, 1.807) is 12.2 Å². The molecule has 1 rings (SSSR count). The molecule has 0 aliphatic heterocycles. The summed E-state index contributed by atoms with van der Waals surface area (Å²) in [5.41, 5.74) is 0. The van der Waals surface area contributed by atoms with E-state index >= 15 is 0 Å². The van der Waals surface area contributed by atoms with Crippen LogP contribution in [0.5, 0.6) is 0 Å². The Labute approximate surface area is 75.3 Å². The third kappa shape index (κ3) is 2.69. The molecule has 0 saturated heterocycles. The molecule has 1 heterocycles. The van der Waals surface area contributed by atoms with Crippen LogP contribution in [0.15, 0.2) is 18.5 Å². The van der Waals surface area contributed by atoms with Crippen molar-refractivity contribution in [2.75, 3.05) is 0 Å². The number of halogens is 1. The van der Waals surface area contributed by atoms with Gasteiger partial charge in [0.2, 0.25) is 0 Å². The summed E-state index contributed by atoms with van der Waals surface area (Å²) in [5, 5.41) is 8.73. The third-order valence-electron chi connectivity index (χ3n) is 1.12. The molecule has 0 unspecified atom stereocenters. The maximum absolute atomic E-state index is 8.23. The van der Waals surface area contributed by atoms with Gasteiger partial charge in [0.05, 0.1) is 17.5 Å². The Morgan fingerprint density at radius 3 is 2.75 bits per heavy atom. The van der Waals surface area contributed by atoms with Crippen LogP contribution in [0.1, 0.15) is 12.2 Å². The van der Waals surface area contributed by atoms with Crippen molar-refractivity contribution in [2.45, 2.75) is 6.42 Å². The molecular weight excluding hydrogens is 174 g/mol. The van der Waals surface area contributed by atoms with Crippen LogP contribution in [-0.4, -0.2) is 9.97 Å². The van der Waals surface area contributed by atoms with Gasteiger partial charge in [0.15, 0.2) is 5.82 Å². The molecule has 4 heteroatoms. The molecule has 0 aliphatic carbocycles. The lowest BCUT2D eigenvalue weighted by atomic mass is 10.4. The van der Waals surface area contributed by atoms with E-state index in [9.17, 15) is 0 Å². The van der Waals surface area contributed by atoms with Crippen LogP contribution in [0.25, 0.3) is 6.08 Å². The number of aromatic nitrogens is 2. The minimum atomic E-state index is 0.367. The molecule has 0 atom stereocenters. The molecule has 0 radical (unpaired) electrons. The number of nitrogens with zero attached hydrogens (tertiary/aromatic N) is 3. The molecule has 1 aromatic rings. The van der Waals surface area contributed by atoms with Crippen LogP contribution < -0.4 is 0 Å². The topological polar surface area (TPSA) is 49.6 Å². The van der Waals surface area contributed by atoms with E-state index < -0.39 is 0 Å². The molecule has 0 amide bonds. The van der Waals surface area contributed by atoms with Crippen molar-refractivity contribution in [3.63, 3.8) is 0 Å². The van der Waals surface area contributed by atoms with E-state index in [1.165, 1.54) is 12.4 Å². The monoisotopic (exact) mass is 179 g/mol. The van der Waals surface area contributed by atoms with Crippen LogP contribution in [0.4, 0.5) is 0 Å². The predicted molar refractivity (Wildman–Crippen MR) is 46.3 cm³/mol. The number of allylic oxidation sites excluding steroid dienone is 1. The molecule has 0 bridgehead atoms.